The van der Waals surface area contributed by atoms with Crippen LogP contribution < -0.4 is 15.2 Å². The molecular weight excluding hydrogens is 224 g/mol. The molecule has 0 heterocycles. The first-order valence-corrected chi connectivity index (χ1v) is 4.83. The maximum Gasteiger partial charge on any atom is 0.258 e. The Bertz CT molecular complexity index is 418. The number of benzene rings is 1. The van der Waals surface area contributed by atoms with E-state index in [1.807, 2.05) is 0 Å². The monoisotopic (exact) mass is 238 g/mol. The first-order valence-electron chi connectivity index (χ1n) is 4.83. The number of hydrogen-bond acceptors (Lipinski definition) is 5. The molecule has 1 aromatic rings. The molecule has 0 aromatic heterocycles. The van der Waals surface area contributed by atoms with Crippen molar-refractivity contribution in [3.8, 4) is 11.5 Å². The number of hydrogen-bond donors (Lipinski definition) is 1. The molecule has 0 unspecified atom stereocenters. The molecular formula is C11H14N2O4. The lowest BCUT2D eigenvalue weighted by atomic mass is 10.2. The van der Waals surface area contributed by atoms with Gasteiger partial charge >= 0.3 is 0 Å². The zero-order valence-electron chi connectivity index (χ0n) is 9.67. The zero-order valence-corrected chi connectivity index (χ0v) is 9.67. The predicted molar refractivity (Wildman–Crippen MR) is 62.3 cm³/mol. The number of rotatable bonds is 6. The molecule has 0 atom stereocenters. The van der Waals surface area contributed by atoms with Gasteiger partial charge in [0.2, 0.25) is 0 Å². The van der Waals surface area contributed by atoms with Crippen LogP contribution in [-0.4, -0.2) is 32.9 Å². The van der Waals surface area contributed by atoms with E-state index in [0.29, 0.717) is 17.1 Å². The minimum atomic E-state index is -0.584. The van der Waals surface area contributed by atoms with Gasteiger partial charge in [-0.2, -0.15) is 0 Å². The lowest BCUT2D eigenvalue weighted by Crippen LogP contribution is -2.16. The van der Waals surface area contributed by atoms with E-state index in [-0.39, 0.29) is 6.61 Å². The largest absolute Gasteiger partial charge is 0.497 e. The maximum absolute atomic E-state index is 10.4. The number of oxime groups is 1. The number of ether oxygens (including phenoxy) is 2. The first kappa shape index (κ1) is 12.8. The van der Waals surface area contributed by atoms with Crippen LogP contribution in [0.4, 0.5) is 0 Å². The lowest BCUT2D eigenvalue weighted by molar-refractivity contribution is -0.122. The quantitative estimate of drug-likeness (QED) is 0.579. The van der Waals surface area contributed by atoms with Gasteiger partial charge in [-0.1, -0.05) is 5.16 Å². The van der Waals surface area contributed by atoms with Crippen LogP contribution in [0.2, 0.25) is 0 Å². The van der Waals surface area contributed by atoms with Gasteiger partial charge in [0.25, 0.3) is 5.91 Å². The van der Waals surface area contributed by atoms with Gasteiger partial charge in [0.1, 0.15) is 11.5 Å². The van der Waals surface area contributed by atoms with Crippen molar-refractivity contribution >= 4 is 12.1 Å². The first-order chi connectivity index (χ1) is 8.17. The molecule has 1 rings (SSSR count). The van der Waals surface area contributed by atoms with Crippen molar-refractivity contribution in [2.75, 3.05) is 20.8 Å². The normalized spacial score (nSPS) is 10.2. The Balaban J connectivity index is 2.76. The van der Waals surface area contributed by atoms with E-state index >= 15 is 0 Å². The molecule has 0 spiro atoms. The summed E-state index contributed by atoms with van der Waals surface area (Å²) in [6.07, 6.45) is 1.42. The third-order valence-electron chi connectivity index (χ3n) is 1.91. The summed E-state index contributed by atoms with van der Waals surface area (Å²) in [5.41, 5.74) is 5.57. The third kappa shape index (κ3) is 4.02. The molecule has 0 bridgehead atoms. The molecule has 92 valence electrons. The van der Waals surface area contributed by atoms with Crippen LogP contribution >= 0.6 is 0 Å². The van der Waals surface area contributed by atoms with E-state index in [0.717, 1.165) is 0 Å². The highest BCUT2D eigenvalue weighted by atomic mass is 16.6. The highest BCUT2D eigenvalue weighted by Gasteiger charge is 2.02. The van der Waals surface area contributed by atoms with Crippen LogP contribution in [0.15, 0.2) is 23.4 Å². The van der Waals surface area contributed by atoms with Gasteiger partial charge in [0.15, 0.2) is 6.61 Å². The average Bonchev–Trinajstić information content (AvgIpc) is 2.34. The summed E-state index contributed by atoms with van der Waals surface area (Å²) in [7, 11) is 3.11. The number of amides is 1. The number of carbonyl (C=O) groups is 1. The van der Waals surface area contributed by atoms with Crippen LogP contribution in [0, 0.1) is 0 Å². The topological polar surface area (TPSA) is 83.1 Å². The van der Waals surface area contributed by atoms with Crippen molar-refractivity contribution in [1.82, 2.24) is 0 Å². The second-order valence-corrected chi connectivity index (χ2v) is 3.08. The minimum absolute atomic E-state index is 0.261. The molecule has 17 heavy (non-hydrogen) atoms. The summed E-state index contributed by atoms with van der Waals surface area (Å²) in [4.78, 5) is 15.1. The summed E-state index contributed by atoms with van der Waals surface area (Å²) in [5, 5.41) is 3.60. The Morgan fingerprint density at radius 2 is 2.18 bits per heavy atom. The molecule has 1 amide bonds. The van der Waals surface area contributed by atoms with E-state index in [2.05, 4.69) is 9.99 Å². The van der Waals surface area contributed by atoms with Crippen LogP contribution in [0.3, 0.4) is 0 Å². The van der Waals surface area contributed by atoms with Crippen LogP contribution in [0.5, 0.6) is 11.5 Å². The van der Waals surface area contributed by atoms with Crippen molar-refractivity contribution in [1.29, 1.82) is 0 Å². The zero-order chi connectivity index (χ0) is 12.7. The Labute approximate surface area is 98.9 Å². The Morgan fingerprint density at radius 1 is 1.41 bits per heavy atom. The van der Waals surface area contributed by atoms with Gasteiger partial charge in [-0.05, 0) is 18.2 Å². The van der Waals surface area contributed by atoms with Gasteiger partial charge in [0.05, 0.1) is 20.4 Å². The van der Waals surface area contributed by atoms with Gasteiger partial charge < -0.3 is 20.0 Å². The van der Waals surface area contributed by atoms with Gasteiger partial charge in [-0.25, -0.2) is 0 Å². The fourth-order valence-corrected chi connectivity index (χ4v) is 1.14. The highest BCUT2D eigenvalue weighted by Crippen LogP contribution is 2.22. The summed E-state index contributed by atoms with van der Waals surface area (Å²) in [6, 6.07) is 5.24. The van der Waals surface area contributed by atoms with Crippen LogP contribution in [-0.2, 0) is 9.63 Å². The number of nitrogens with two attached hydrogens (primary N) is 1. The van der Waals surface area contributed by atoms with Crippen molar-refractivity contribution in [3.63, 3.8) is 0 Å². The molecule has 0 radical (unpaired) electrons. The van der Waals surface area contributed by atoms with E-state index < -0.39 is 5.91 Å². The minimum Gasteiger partial charge on any atom is -0.497 e. The number of nitrogens with zero attached hydrogens (tertiary/aromatic N) is 1. The summed E-state index contributed by atoms with van der Waals surface area (Å²) >= 11 is 0. The molecule has 6 nitrogen and oxygen atoms in total. The maximum atomic E-state index is 10.4. The molecule has 6 heteroatoms. The summed E-state index contributed by atoms with van der Waals surface area (Å²) < 4.78 is 10.2. The SMILES string of the molecule is COc1ccc(OC)c(/C=N/OCC(N)=O)c1. The molecule has 0 saturated heterocycles. The molecule has 0 aliphatic heterocycles. The second kappa shape index (κ2) is 6.37. The second-order valence-electron chi connectivity index (χ2n) is 3.08. The van der Waals surface area contributed by atoms with Gasteiger partial charge in [-0.15, -0.1) is 0 Å². The van der Waals surface area contributed by atoms with E-state index in [1.165, 1.54) is 6.21 Å². The molecule has 0 fully saturated rings. The average molecular weight is 238 g/mol. The standard InChI is InChI=1S/C11H14N2O4/c1-15-9-3-4-10(16-2)8(5-9)6-13-17-7-11(12)14/h3-6H,7H2,1-2H3,(H2,12,14)/b13-6+. The van der Waals surface area contributed by atoms with Crippen molar-refractivity contribution < 1.29 is 19.1 Å². The molecule has 0 saturated carbocycles. The van der Waals surface area contributed by atoms with E-state index in [9.17, 15) is 4.79 Å². The molecule has 2 N–H and O–H groups in total. The number of primary amides is 1. The third-order valence-corrected chi connectivity index (χ3v) is 1.91. The van der Waals surface area contributed by atoms with Crippen molar-refractivity contribution in [3.05, 3.63) is 23.8 Å². The van der Waals surface area contributed by atoms with Crippen LogP contribution in [0.25, 0.3) is 0 Å². The number of methoxy groups -OCH3 is 2. The Hall–Kier alpha value is -2.24. The fraction of sp³-hybridized carbons (Fsp3) is 0.273. The van der Waals surface area contributed by atoms with Crippen molar-refractivity contribution in [2.24, 2.45) is 10.9 Å². The highest BCUT2D eigenvalue weighted by molar-refractivity contribution is 5.84. The Kier molecular flexibility index (Phi) is 4.80. The summed E-state index contributed by atoms with van der Waals surface area (Å²) in [5.74, 6) is 0.708. The van der Waals surface area contributed by atoms with Gasteiger partial charge in [0, 0.05) is 5.56 Å². The fourth-order valence-electron chi connectivity index (χ4n) is 1.14. The van der Waals surface area contributed by atoms with Crippen LogP contribution in [0.1, 0.15) is 5.56 Å². The van der Waals surface area contributed by atoms with Crippen molar-refractivity contribution in [2.45, 2.75) is 0 Å². The lowest BCUT2D eigenvalue weighted by Gasteiger charge is -2.06. The van der Waals surface area contributed by atoms with E-state index in [1.54, 1.807) is 32.4 Å². The summed E-state index contributed by atoms with van der Waals surface area (Å²) in [6.45, 7) is -0.261. The van der Waals surface area contributed by atoms with E-state index in [4.69, 9.17) is 15.2 Å². The predicted octanol–water partition coefficient (Wildman–Crippen LogP) is 0.540. The number of carbonyl (C=O) groups excluding carboxylic acids is 1. The Morgan fingerprint density at radius 3 is 2.76 bits per heavy atom. The van der Waals surface area contributed by atoms with Gasteiger partial charge in [-0.3, -0.25) is 4.79 Å². The molecule has 1 aromatic carbocycles. The molecule has 0 aliphatic rings. The smallest absolute Gasteiger partial charge is 0.258 e. The molecule has 0 aliphatic carbocycles.